The Morgan fingerprint density at radius 2 is 2.05 bits per heavy atom. The molecule has 0 aliphatic carbocycles. The molecule has 1 aromatic rings. The van der Waals surface area contributed by atoms with Crippen LogP contribution < -0.4 is 5.32 Å². The van der Waals surface area contributed by atoms with E-state index in [0.29, 0.717) is 5.56 Å². The second-order valence-electron chi connectivity index (χ2n) is 6.00. The molecule has 108 valence electrons. The molecule has 1 unspecified atom stereocenters. The highest BCUT2D eigenvalue weighted by atomic mass is 16.2. The second-order valence-corrected chi connectivity index (χ2v) is 6.00. The summed E-state index contributed by atoms with van der Waals surface area (Å²) < 4.78 is 0. The Bertz CT molecular complexity index is 544. The highest BCUT2D eigenvalue weighted by Crippen LogP contribution is 2.20. The lowest BCUT2D eigenvalue weighted by Crippen LogP contribution is -2.41. The topological polar surface area (TPSA) is 49.3 Å². The third-order valence-corrected chi connectivity index (χ3v) is 3.53. The molecule has 0 aliphatic rings. The van der Waals surface area contributed by atoms with Crippen molar-refractivity contribution in [3.8, 4) is 11.8 Å². The molecule has 0 heterocycles. The first-order valence-corrected chi connectivity index (χ1v) is 6.77. The zero-order valence-corrected chi connectivity index (χ0v) is 12.9. The van der Waals surface area contributed by atoms with Crippen LogP contribution in [-0.4, -0.2) is 23.7 Å². The van der Waals surface area contributed by atoms with Crippen LogP contribution in [0.2, 0.25) is 0 Å². The molecule has 0 saturated carbocycles. The van der Waals surface area contributed by atoms with E-state index in [0.717, 1.165) is 11.1 Å². The summed E-state index contributed by atoms with van der Waals surface area (Å²) in [6.45, 7) is 9.97. The minimum absolute atomic E-state index is 0.0118. The summed E-state index contributed by atoms with van der Waals surface area (Å²) >= 11 is 0. The van der Waals surface area contributed by atoms with Crippen LogP contribution in [0.25, 0.3) is 0 Å². The Hall–Kier alpha value is -1.79. The molecular weight excluding hydrogens is 250 g/mol. The van der Waals surface area contributed by atoms with Gasteiger partial charge in [-0.3, -0.25) is 4.79 Å². The predicted molar refractivity (Wildman–Crippen MR) is 81.5 cm³/mol. The maximum atomic E-state index is 12.3. The summed E-state index contributed by atoms with van der Waals surface area (Å²) in [5.41, 5.74) is 2.26. The molecule has 3 nitrogen and oxygen atoms in total. The van der Waals surface area contributed by atoms with Crippen molar-refractivity contribution in [3.05, 3.63) is 34.9 Å². The van der Waals surface area contributed by atoms with E-state index in [1.165, 1.54) is 0 Å². The number of carbonyl (C=O) groups is 1. The molecule has 0 saturated heterocycles. The lowest BCUT2D eigenvalue weighted by atomic mass is 9.88. The monoisotopic (exact) mass is 273 g/mol. The molecule has 0 aliphatic heterocycles. The second kappa shape index (κ2) is 6.58. The molecule has 0 aromatic heterocycles. The third kappa shape index (κ3) is 4.11. The van der Waals surface area contributed by atoms with Crippen LogP contribution in [0.5, 0.6) is 0 Å². The minimum Gasteiger partial charge on any atom is -0.384 e. The number of benzene rings is 1. The number of hydrogen-bond acceptors (Lipinski definition) is 2. The highest BCUT2D eigenvalue weighted by molar-refractivity contribution is 5.96. The predicted octanol–water partition coefficient (Wildman–Crippen LogP) is 2.50. The lowest BCUT2D eigenvalue weighted by molar-refractivity contribution is 0.0909. The Labute approximate surface area is 121 Å². The van der Waals surface area contributed by atoms with E-state index in [4.69, 9.17) is 5.11 Å². The van der Waals surface area contributed by atoms with Gasteiger partial charge in [-0.25, -0.2) is 0 Å². The fourth-order valence-electron chi connectivity index (χ4n) is 1.64. The van der Waals surface area contributed by atoms with Crippen molar-refractivity contribution in [2.45, 2.75) is 40.7 Å². The van der Waals surface area contributed by atoms with Crippen molar-refractivity contribution in [2.24, 2.45) is 5.41 Å². The van der Waals surface area contributed by atoms with E-state index in [-0.39, 0.29) is 24.0 Å². The van der Waals surface area contributed by atoms with Gasteiger partial charge in [-0.15, -0.1) is 0 Å². The van der Waals surface area contributed by atoms with Crippen molar-refractivity contribution < 1.29 is 9.90 Å². The van der Waals surface area contributed by atoms with Crippen LogP contribution in [0.15, 0.2) is 18.2 Å². The van der Waals surface area contributed by atoms with Crippen LogP contribution in [0.4, 0.5) is 0 Å². The van der Waals surface area contributed by atoms with Gasteiger partial charge in [0.25, 0.3) is 5.91 Å². The van der Waals surface area contributed by atoms with E-state index >= 15 is 0 Å². The number of nitrogens with one attached hydrogen (secondary N) is 1. The average Bonchev–Trinajstić information content (AvgIpc) is 2.36. The van der Waals surface area contributed by atoms with Gasteiger partial charge in [-0.2, -0.15) is 0 Å². The van der Waals surface area contributed by atoms with Crippen LogP contribution >= 0.6 is 0 Å². The van der Waals surface area contributed by atoms with E-state index < -0.39 is 0 Å². The summed E-state index contributed by atoms with van der Waals surface area (Å²) in [5.74, 6) is 5.39. The summed E-state index contributed by atoms with van der Waals surface area (Å²) in [7, 11) is 0. The smallest absolute Gasteiger partial charge is 0.251 e. The zero-order valence-electron chi connectivity index (χ0n) is 12.9. The van der Waals surface area contributed by atoms with Gasteiger partial charge < -0.3 is 10.4 Å². The molecule has 3 heteroatoms. The zero-order chi connectivity index (χ0) is 15.3. The standard InChI is InChI=1S/C17H23NO2/c1-12-14(9-7-11-19)8-6-10-15(12)16(20)18-13(2)17(3,4)5/h6,8,10,13,19H,11H2,1-5H3,(H,18,20). The minimum atomic E-state index is -0.184. The molecule has 0 bridgehead atoms. The first-order chi connectivity index (χ1) is 9.27. The van der Waals surface area contributed by atoms with Crippen LogP contribution in [0, 0.1) is 24.2 Å². The molecule has 20 heavy (non-hydrogen) atoms. The Morgan fingerprint density at radius 3 is 2.60 bits per heavy atom. The molecular formula is C17H23NO2. The lowest BCUT2D eigenvalue weighted by Gasteiger charge is -2.28. The number of carbonyl (C=O) groups excluding carboxylic acids is 1. The van der Waals surface area contributed by atoms with Crippen LogP contribution in [0.1, 0.15) is 49.2 Å². The Balaban J connectivity index is 3.00. The molecule has 0 spiro atoms. The third-order valence-electron chi connectivity index (χ3n) is 3.53. The maximum absolute atomic E-state index is 12.3. The summed E-state index contributed by atoms with van der Waals surface area (Å²) in [4.78, 5) is 12.3. The molecule has 1 atom stereocenters. The van der Waals surface area contributed by atoms with Crippen molar-refractivity contribution in [3.63, 3.8) is 0 Å². The van der Waals surface area contributed by atoms with E-state index in [1.807, 2.05) is 26.0 Å². The number of hydrogen-bond donors (Lipinski definition) is 2. The van der Waals surface area contributed by atoms with Crippen molar-refractivity contribution in [1.29, 1.82) is 0 Å². The van der Waals surface area contributed by atoms with Crippen molar-refractivity contribution in [2.75, 3.05) is 6.61 Å². The normalized spacial score (nSPS) is 12.3. The first-order valence-electron chi connectivity index (χ1n) is 6.77. The number of amides is 1. The fourth-order valence-corrected chi connectivity index (χ4v) is 1.64. The molecule has 0 radical (unpaired) electrons. The van der Waals surface area contributed by atoms with Crippen molar-refractivity contribution >= 4 is 5.91 Å². The molecule has 1 rings (SSSR count). The number of aliphatic hydroxyl groups is 1. The maximum Gasteiger partial charge on any atom is 0.251 e. The van der Waals surface area contributed by atoms with Crippen molar-refractivity contribution in [1.82, 2.24) is 5.32 Å². The summed E-state index contributed by atoms with van der Waals surface area (Å²) in [6, 6.07) is 5.53. The Morgan fingerprint density at radius 1 is 1.40 bits per heavy atom. The van der Waals surface area contributed by atoms with Gasteiger partial charge in [0.2, 0.25) is 0 Å². The Kier molecular flexibility index (Phi) is 5.35. The highest BCUT2D eigenvalue weighted by Gasteiger charge is 2.22. The molecule has 0 fully saturated rings. The number of aliphatic hydroxyl groups excluding tert-OH is 1. The molecule has 1 amide bonds. The summed E-state index contributed by atoms with van der Waals surface area (Å²) in [6.07, 6.45) is 0. The number of rotatable bonds is 2. The van der Waals surface area contributed by atoms with Gasteiger partial charge in [-0.1, -0.05) is 38.7 Å². The van der Waals surface area contributed by atoms with Gasteiger partial charge >= 0.3 is 0 Å². The van der Waals surface area contributed by atoms with E-state index in [2.05, 4.69) is 37.9 Å². The van der Waals surface area contributed by atoms with Gasteiger partial charge in [-0.05, 0) is 37.0 Å². The average molecular weight is 273 g/mol. The molecule has 1 aromatic carbocycles. The first kappa shape index (κ1) is 16.3. The van der Waals surface area contributed by atoms with E-state index in [9.17, 15) is 4.79 Å². The van der Waals surface area contributed by atoms with Crippen LogP contribution in [0.3, 0.4) is 0 Å². The SMILES string of the molecule is Cc1c(C#CCO)cccc1C(=O)NC(C)C(C)(C)C. The van der Waals surface area contributed by atoms with Gasteiger partial charge in [0.15, 0.2) is 0 Å². The summed E-state index contributed by atoms with van der Waals surface area (Å²) in [5, 5.41) is 11.8. The molecule has 2 N–H and O–H groups in total. The van der Waals surface area contributed by atoms with Crippen LogP contribution in [-0.2, 0) is 0 Å². The van der Waals surface area contributed by atoms with Gasteiger partial charge in [0.05, 0.1) is 0 Å². The van der Waals surface area contributed by atoms with Gasteiger partial charge in [0, 0.05) is 17.2 Å². The fraction of sp³-hybridized carbons (Fsp3) is 0.471. The largest absolute Gasteiger partial charge is 0.384 e. The van der Waals surface area contributed by atoms with Gasteiger partial charge in [0.1, 0.15) is 6.61 Å². The van der Waals surface area contributed by atoms with E-state index in [1.54, 1.807) is 6.07 Å². The quantitative estimate of drug-likeness (QED) is 0.813.